The van der Waals surface area contributed by atoms with Crippen LogP contribution in [0, 0.1) is 0 Å². The summed E-state index contributed by atoms with van der Waals surface area (Å²) in [5, 5.41) is 33.4. The van der Waals surface area contributed by atoms with Gasteiger partial charge in [-0.3, -0.25) is 0 Å². The number of amides is 1. The Morgan fingerprint density at radius 2 is 1.61 bits per heavy atom. The van der Waals surface area contributed by atoms with Gasteiger partial charge in [0.2, 0.25) is 0 Å². The van der Waals surface area contributed by atoms with Gasteiger partial charge in [-0.05, 0) is 34.7 Å². The van der Waals surface area contributed by atoms with Crippen LogP contribution in [0.5, 0.6) is 11.5 Å². The molecule has 3 aromatic rings. The molecule has 0 bridgehead atoms. The van der Waals surface area contributed by atoms with Crippen LogP contribution in [-0.2, 0) is 4.74 Å². The van der Waals surface area contributed by atoms with Crippen LogP contribution in [0.2, 0.25) is 0 Å². The molecule has 0 fully saturated rings. The second-order valence-electron chi connectivity index (χ2n) is 7.95. The number of benzene rings is 3. The highest BCUT2D eigenvalue weighted by Crippen LogP contribution is 2.44. The maximum absolute atomic E-state index is 12.2. The normalized spacial score (nSPS) is 14.2. The SMILES string of the molecule is COc1cccc(C(O)C(O)CCNC(=O)OCC2c3ccccc3-c3ccccc32)c1O. The Balaban J connectivity index is 1.29. The number of aliphatic hydroxyl groups excluding tert-OH is 2. The summed E-state index contributed by atoms with van der Waals surface area (Å²) in [6.45, 7) is 0.294. The highest BCUT2D eigenvalue weighted by molar-refractivity contribution is 5.79. The number of nitrogens with one attached hydrogen (secondary N) is 1. The molecule has 1 aliphatic rings. The van der Waals surface area contributed by atoms with Gasteiger partial charge >= 0.3 is 6.09 Å². The Hall–Kier alpha value is -3.55. The van der Waals surface area contributed by atoms with Crippen molar-refractivity contribution in [2.75, 3.05) is 20.3 Å². The molecule has 33 heavy (non-hydrogen) atoms. The fraction of sp³-hybridized carbons (Fsp3) is 0.269. The zero-order chi connectivity index (χ0) is 23.4. The van der Waals surface area contributed by atoms with Crippen LogP contribution in [0.25, 0.3) is 11.1 Å². The van der Waals surface area contributed by atoms with Crippen molar-refractivity contribution in [2.24, 2.45) is 0 Å². The second kappa shape index (κ2) is 9.94. The van der Waals surface area contributed by atoms with Crippen molar-refractivity contribution < 1.29 is 29.6 Å². The number of para-hydroxylation sites is 1. The molecule has 7 nitrogen and oxygen atoms in total. The lowest BCUT2D eigenvalue weighted by Crippen LogP contribution is -2.30. The highest BCUT2D eigenvalue weighted by atomic mass is 16.5. The van der Waals surface area contributed by atoms with Gasteiger partial charge in [0, 0.05) is 18.0 Å². The number of fused-ring (bicyclic) bond motifs is 3. The zero-order valence-corrected chi connectivity index (χ0v) is 18.3. The summed E-state index contributed by atoms with van der Waals surface area (Å²) in [5.41, 5.74) is 4.72. The van der Waals surface area contributed by atoms with Crippen LogP contribution in [0.4, 0.5) is 4.79 Å². The number of carbonyl (C=O) groups is 1. The lowest BCUT2D eigenvalue weighted by molar-refractivity contribution is 0.0122. The van der Waals surface area contributed by atoms with E-state index in [2.05, 4.69) is 17.4 Å². The summed E-state index contributed by atoms with van der Waals surface area (Å²) < 4.78 is 10.5. The molecule has 2 unspecified atom stereocenters. The number of methoxy groups -OCH3 is 1. The van der Waals surface area contributed by atoms with E-state index in [0.717, 1.165) is 22.3 Å². The quantitative estimate of drug-likeness (QED) is 0.417. The molecule has 1 amide bonds. The fourth-order valence-electron chi connectivity index (χ4n) is 4.28. The molecular weight excluding hydrogens is 422 g/mol. The van der Waals surface area contributed by atoms with Crippen molar-refractivity contribution >= 4 is 6.09 Å². The van der Waals surface area contributed by atoms with Gasteiger partial charge < -0.3 is 30.1 Å². The van der Waals surface area contributed by atoms with Crippen molar-refractivity contribution in [1.29, 1.82) is 0 Å². The Morgan fingerprint density at radius 1 is 0.970 bits per heavy atom. The number of aliphatic hydroxyl groups is 2. The standard InChI is InChI=1S/C26H27NO6/c1-32-23-12-6-11-20(25(23)30)24(29)22(28)13-14-27-26(31)33-15-21-18-9-4-2-7-16(18)17-8-3-5-10-19(17)21/h2-12,21-22,24,28-30H,13-15H2,1H3,(H,27,31). The van der Waals surface area contributed by atoms with Crippen molar-refractivity contribution in [3.8, 4) is 22.6 Å². The summed E-state index contributed by atoms with van der Waals surface area (Å²) in [4.78, 5) is 12.2. The van der Waals surface area contributed by atoms with E-state index in [9.17, 15) is 20.1 Å². The topological polar surface area (TPSA) is 108 Å². The van der Waals surface area contributed by atoms with E-state index in [1.807, 2.05) is 36.4 Å². The largest absolute Gasteiger partial charge is 0.504 e. The molecule has 0 aliphatic heterocycles. The lowest BCUT2D eigenvalue weighted by Gasteiger charge is -2.20. The minimum absolute atomic E-state index is 0.0356. The van der Waals surface area contributed by atoms with Crippen LogP contribution in [0.3, 0.4) is 0 Å². The first kappa shape index (κ1) is 22.6. The van der Waals surface area contributed by atoms with Crippen LogP contribution >= 0.6 is 0 Å². The first-order valence-electron chi connectivity index (χ1n) is 10.8. The van der Waals surface area contributed by atoms with Gasteiger partial charge in [-0.15, -0.1) is 0 Å². The summed E-state index contributed by atoms with van der Waals surface area (Å²) in [6.07, 6.45) is -3.05. The van der Waals surface area contributed by atoms with E-state index in [1.165, 1.54) is 13.2 Å². The van der Waals surface area contributed by atoms with Crippen LogP contribution in [0.15, 0.2) is 66.7 Å². The van der Waals surface area contributed by atoms with Crippen molar-refractivity contribution in [3.63, 3.8) is 0 Å². The van der Waals surface area contributed by atoms with Crippen molar-refractivity contribution in [3.05, 3.63) is 83.4 Å². The Kier molecular flexibility index (Phi) is 6.82. The molecule has 0 heterocycles. The molecule has 0 spiro atoms. The molecule has 0 aromatic heterocycles. The number of hydrogen-bond acceptors (Lipinski definition) is 6. The third kappa shape index (κ3) is 4.65. The van der Waals surface area contributed by atoms with Gasteiger partial charge in [0.25, 0.3) is 0 Å². The molecule has 0 radical (unpaired) electrons. The number of ether oxygens (including phenoxy) is 2. The Labute approximate surface area is 192 Å². The Bertz CT molecular complexity index is 1090. The van der Waals surface area contributed by atoms with Gasteiger partial charge in [-0.1, -0.05) is 60.7 Å². The van der Waals surface area contributed by atoms with E-state index < -0.39 is 18.3 Å². The minimum Gasteiger partial charge on any atom is -0.504 e. The molecular formula is C26H27NO6. The smallest absolute Gasteiger partial charge is 0.407 e. The number of phenols is 1. The molecule has 0 saturated heterocycles. The van der Waals surface area contributed by atoms with Crippen molar-refractivity contribution in [2.45, 2.75) is 24.5 Å². The van der Waals surface area contributed by atoms with Gasteiger partial charge in [-0.25, -0.2) is 4.79 Å². The van der Waals surface area contributed by atoms with Gasteiger partial charge in [-0.2, -0.15) is 0 Å². The molecule has 172 valence electrons. The predicted molar refractivity (Wildman–Crippen MR) is 123 cm³/mol. The summed E-state index contributed by atoms with van der Waals surface area (Å²) >= 11 is 0. The number of hydrogen-bond donors (Lipinski definition) is 4. The number of aromatic hydroxyl groups is 1. The molecule has 7 heteroatoms. The number of alkyl carbamates (subject to hydrolysis) is 1. The average molecular weight is 450 g/mol. The molecule has 1 aliphatic carbocycles. The third-order valence-electron chi connectivity index (χ3n) is 5.99. The highest BCUT2D eigenvalue weighted by Gasteiger charge is 2.29. The number of carbonyl (C=O) groups excluding carboxylic acids is 1. The van der Waals surface area contributed by atoms with Gasteiger partial charge in [0.05, 0.1) is 13.2 Å². The maximum Gasteiger partial charge on any atom is 0.407 e. The molecule has 2 atom stereocenters. The summed E-state index contributed by atoms with van der Waals surface area (Å²) in [5.74, 6) is -0.0573. The minimum atomic E-state index is -1.33. The van der Waals surface area contributed by atoms with Gasteiger partial charge in [0.15, 0.2) is 11.5 Å². The molecule has 3 aromatic carbocycles. The zero-order valence-electron chi connectivity index (χ0n) is 18.3. The number of phenolic OH excluding ortho intramolecular Hbond substituents is 1. The molecule has 4 N–H and O–H groups in total. The predicted octanol–water partition coefficient (Wildman–Crippen LogP) is 3.72. The molecule has 4 rings (SSSR count). The van der Waals surface area contributed by atoms with Crippen LogP contribution in [0.1, 0.15) is 35.1 Å². The number of rotatable bonds is 8. The fourth-order valence-corrected chi connectivity index (χ4v) is 4.28. The van der Waals surface area contributed by atoms with E-state index in [1.54, 1.807) is 12.1 Å². The van der Waals surface area contributed by atoms with Crippen LogP contribution < -0.4 is 10.1 Å². The van der Waals surface area contributed by atoms with Crippen LogP contribution in [-0.4, -0.2) is 47.8 Å². The van der Waals surface area contributed by atoms with Gasteiger partial charge in [0.1, 0.15) is 12.7 Å². The van der Waals surface area contributed by atoms with E-state index in [4.69, 9.17) is 9.47 Å². The maximum atomic E-state index is 12.2. The second-order valence-corrected chi connectivity index (χ2v) is 7.95. The average Bonchev–Trinajstić information content (AvgIpc) is 3.16. The summed E-state index contributed by atoms with van der Waals surface area (Å²) in [6, 6.07) is 20.9. The van der Waals surface area contributed by atoms with E-state index in [0.29, 0.717) is 0 Å². The first-order valence-corrected chi connectivity index (χ1v) is 10.8. The summed E-state index contributed by atoms with van der Waals surface area (Å²) in [7, 11) is 1.40. The first-order chi connectivity index (χ1) is 16.0. The molecule has 0 saturated carbocycles. The van der Waals surface area contributed by atoms with E-state index in [-0.39, 0.29) is 42.6 Å². The Morgan fingerprint density at radius 3 is 2.24 bits per heavy atom. The third-order valence-corrected chi connectivity index (χ3v) is 5.99. The lowest BCUT2D eigenvalue weighted by atomic mass is 9.98. The van der Waals surface area contributed by atoms with E-state index >= 15 is 0 Å². The monoisotopic (exact) mass is 449 g/mol. The van der Waals surface area contributed by atoms with Crippen molar-refractivity contribution in [1.82, 2.24) is 5.32 Å².